The number of rotatable bonds is 9. The minimum atomic E-state index is -0.904. The molecular formula is C26H33N3O3S. The van der Waals surface area contributed by atoms with Crippen LogP contribution in [-0.4, -0.2) is 32.6 Å². The molecule has 1 amide bonds. The number of aromatic nitrogens is 2. The highest BCUT2D eigenvalue weighted by Crippen LogP contribution is 2.39. The molecule has 0 saturated heterocycles. The number of hydrogen-bond donors (Lipinski definition) is 2. The van der Waals surface area contributed by atoms with Crippen molar-refractivity contribution in [1.29, 1.82) is 0 Å². The summed E-state index contributed by atoms with van der Waals surface area (Å²) in [4.78, 5) is 30.5. The molecule has 2 unspecified atom stereocenters. The Bertz CT molecular complexity index is 1120. The molecule has 1 fully saturated rings. The van der Waals surface area contributed by atoms with Crippen LogP contribution in [0.3, 0.4) is 0 Å². The van der Waals surface area contributed by atoms with E-state index in [1.54, 1.807) is 11.3 Å². The van der Waals surface area contributed by atoms with Crippen LogP contribution in [0.15, 0.2) is 35.7 Å². The zero-order valence-electron chi connectivity index (χ0n) is 19.6. The van der Waals surface area contributed by atoms with Crippen molar-refractivity contribution in [1.82, 2.24) is 14.9 Å². The van der Waals surface area contributed by atoms with Crippen molar-refractivity contribution < 1.29 is 14.7 Å². The Balaban J connectivity index is 1.65. The third kappa shape index (κ3) is 5.46. The van der Waals surface area contributed by atoms with Crippen molar-refractivity contribution in [2.75, 3.05) is 0 Å². The number of fused-ring (bicyclic) bond motifs is 1. The molecule has 4 rings (SSSR count). The lowest BCUT2D eigenvalue weighted by Crippen LogP contribution is -2.37. The Morgan fingerprint density at radius 1 is 1.27 bits per heavy atom. The van der Waals surface area contributed by atoms with E-state index in [9.17, 15) is 14.7 Å². The van der Waals surface area contributed by atoms with Crippen molar-refractivity contribution in [2.24, 2.45) is 11.8 Å². The number of amides is 1. The number of carbonyl (C=O) groups excluding carboxylic acids is 1. The summed E-state index contributed by atoms with van der Waals surface area (Å²) in [6.45, 7) is 6.37. The summed E-state index contributed by atoms with van der Waals surface area (Å²) >= 11 is 1.74. The van der Waals surface area contributed by atoms with Gasteiger partial charge < -0.3 is 15.0 Å². The summed E-state index contributed by atoms with van der Waals surface area (Å²) in [5, 5.41) is 14.2. The molecule has 1 aromatic carbocycles. The van der Waals surface area contributed by atoms with Gasteiger partial charge in [0.2, 0.25) is 0 Å². The second-order valence-corrected chi connectivity index (χ2v) is 10.8. The van der Waals surface area contributed by atoms with Gasteiger partial charge >= 0.3 is 5.97 Å². The summed E-state index contributed by atoms with van der Waals surface area (Å²) in [7, 11) is 0. The van der Waals surface area contributed by atoms with Crippen LogP contribution in [0.5, 0.6) is 0 Å². The minimum absolute atomic E-state index is 0.0781. The van der Waals surface area contributed by atoms with Crippen molar-refractivity contribution in [3.8, 4) is 0 Å². The quantitative estimate of drug-likeness (QED) is 0.425. The highest BCUT2D eigenvalue weighted by molar-refractivity contribution is 7.09. The average molecular weight is 468 g/mol. The highest BCUT2D eigenvalue weighted by atomic mass is 32.1. The van der Waals surface area contributed by atoms with Gasteiger partial charge in [-0.3, -0.25) is 9.59 Å². The summed E-state index contributed by atoms with van der Waals surface area (Å²) in [5.41, 5.74) is 2.42. The fourth-order valence-electron chi connectivity index (χ4n) is 5.10. The van der Waals surface area contributed by atoms with E-state index < -0.39 is 12.0 Å². The predicted octanol–water partition coefficient (Wildman–Crippen LogP) is 5.67. The van der Waals surface area contributed by atoms with E-state index in [1.165, 1.54) is 17.7 Å². The molecule has 7 heteroatoms. The van der Waals surface area contributed by atoms with Crippen molar-refractivity contribution in [3.05, 3.63) is 52.0 Å². The normalized spacial score (nSPS) is 19.3. The van der Waals surface area contributed by atoms with E-state index in [-0.39, 0.29) is 12.3 Å². The minimum Gasteiger partial charge on any atom is -0.481 e. The first kappa shape index (κ1) is 23.5. The van der Waals surface area contributed by atoms with Crippen LogP contribution < -0.4 is 5.32 Å². The van der Waals surface area contributed by atoms with Gasteiger partial charge in [-0.2, -0.15) is 0 Å². The molecule has 0 spiro atoms. The molecule has 0 aliphatic heterocycles. The van der Waals surface area contributed by atoms with Gasteiger partial charge in [-0.05, 0) is 60.7 Å². The fourth-order valence-corrected chi connectivity index (χ4v) is 5.81. The SMILES string of the molecule is CC(C)C[C@@H](CC(=O)O)NC(=O)c1ccc2c(c1)nc(Cc1cccs1)n2C1CCCC1C. The molecule has 3 aromatic rings. The number of thiophene rings is 1. The van der Waals surface area contributed by atoms with Crippen LogP contribution in [-0.2, 0) is 11.2 Å². The van der Waals surface area contributed by atoms with E-state index >= 15 is 0 Å². The molecule has 1 aliphatic carbocycles. The molecule has 3 atom stereocenters. The third-order valence-electron chi connectivity index (χ3n) is 6.60. The molecule has 0 bridgehead atoms. The number of nitrogens with one attached hydrogen (secondary N) is 1. The molecule has 1 aliphatic rings. The van der Waals surface area contributed by atoms with Crippen LogP contribution in [0.1, 0.15) is 80.0 Å². The van der Waals surface area contributed by atoms with Gasteiger partial charge in [-0.1, -0.05) is 33.3 Å². The lowest BCUT2D eigenvalue weighted by Gasteiger charge is -2.21. The summed E-state index contributed by atoms with van der Waals surface area (Å²) in [6, 6.07) is 9.95. The maximum Gasteiger partial charge on any atom is 0.305 e. The predicted molar refractivity (Wildman–Crippen MR) is 132 cm³/mol. The molecule has 0 radical (unpaired) electrons. The van der Waals surface area contributed by atoms with Gasteiger partial charge in [-0.15, -0.1) is 11.3 Å². The van der Waals surface area contributed by atoms with Crippen LogP contribution in [0, 0.1) is 11.8 Å². The summed E-state index contributed by atoms with van der Waals surface area (Å²) in [5.74, 6) is 0.792. The van der Waals surface area contributed by atoms with Gasteiger partial charge in [0.1, 0.15) is 5.82 Å². The lowest BCUT2D eigenvalue weighted by atomic mass is 10.0. The van der Waals surface area contributed by atoms with Gasteiger partial charge in [0.15, 0.2) is 0 Å². The number of carboxylic acids is 1. The standard InChI is InChI=1S/C26H33N3O3S/c1-16(2)12-19(14-25(30)31)27-26(32)18-9-10-23-21(13-18)28-24(15-20-7-5-11-33-20)29(23)22-8-4-6-17(22)3/h5,7,9-11,13,16-17,19,22H,4,6,8,12,14-15H2,1-3H3,(H,27,32)(H,30,31)/t17?,19-,22?/m0/s1. The first-order chi connectivity index (χ1) is 15.8. The number of carbonyl (C=O) groups is 2. The Morgan fingerprint density at radius 3 is 2.73 bits per heavy atom. The molecule has 1 saturated carbocycles. The van der Waals surface area contributed by atoms with Gasteiger partial charge in [-0.25, -0.2) is 4.98 Å². The van der Waals surface area contributed by atoms with Crippen LogP contribution in [0.2, 0.25) is 0 Å². The number of aliphatic carboxylic acids is 1. The van der Waals surface area contributed by atoms with Crippen LogP contribution >= 0.6 is 11.3 Å². The monoisotopic (exact) mass is 467 g/mol. The maximum atomic E-state index is 13.0. The maximum absolute atomic E-state index is 13.0. The van der Waals surface area contributed by atoms with Gasteiger partial charge in [0.25, 0.3) is 5.91 Å². The zero-order chi connectivity index (χ0) is 23.5. The van der Waals surface area contributed by atoms with E-state index in [0.717, 1.165) is 29.7 Å². The topological polar surface area (TPSA) is 84.2 Å². The Kier molecular flexibility index (Phi) is 7.17. The summed E-state index contributed by atoms with van der Waals surface area (Å²) < 4.78 is 2.40. The number of imidazole rings is 1. The lowest BCUT2D eigenvalue weighted by molar-refractivity contribution is -0.137. The highest BCUT2D eigenvalue weighted by Gasteiger charge is 2.29. The largest absolute Gasteiger partial charge is 0.481 e. The molecule has 33 heavy (non-hydrogen) atoms. The van der Waals surface area contributed by atoms with Gasteiger partial charge in [0.05, 0.1) is 17.5 Å². The molecule has 2 aromatic heterocycles. The van der Waals surface area contributed by atoms with E-state index in [0.29, 0.717) is 29.9 Å². The Hall–Kier alpha value is -2.67. The molecule has 6 nitrogen and oxygen atoms in total. The number of nitrogens with zero attached hydrogens (tertiary/aromatic N) is 2. The van der Waals surface area contributed by atoms with E-state index in [1.807, 2.05) is 32.0 Å². The van der Waals surface area contributed by atoms with Gasteiger partial charge in [0, 0.05) is 28.9 Å². The fraction of sp³-hybridized carbons (Fsp3) is 0.500. The first-order valence-corrected chi connectivity index (χ1v) is 12.8. The van der Waals surface area contributed by atoms with Crippen molar-refractivity contribution in [3.63, 3.8) is 0 Å². The molecular weight excluding hydrogens is 434 g/mol. The summed E-state index contributed by atoms with van der Waals surface area (Å²) in [6.07, 6.45) is 4.94. The second-order valence-electron chi connectivity index (χ2n) is 9.73. The first-order valence-electron chi connectivity index (χ1n) is 11.9. The number of benzene rings is 1. The molecule has 176 valence electrons. The van der Waals surface area contributed by atoms with Crippen molar-refractivity contribution >= 4 is 34.2 Å². The average Bonchev–Trinajstić information content (AvgIpc) is 3.46. The van der Waals surface area contributed by atoms with Crippen LogP contribution in [0.25, 0.3) is 11.0 Å². The molecule has 2 heterocycles. The zero-order valence-corrected chi connectivity index (χ0v) is 20.4. The number of carboxylic acid groups (broad SMARTS) is 1. The second kappa shape index (κ2) is 10.1. The van der Waals surface area contributed by atoms with E-state index in [2.05, 4.69) is 34.3 Å². The Morgan fingerprint density at radius 2 is 2.09 bits per heavy atom. The van der Waals surface area contributed by atoms with Crippen molar-refractivity contribution in [2.45, 2.75) is 71.4 Å². The smallest absolute Gasteiger partial charge is 0.305 e. The molecule has 2 N–H and O–H groups in total. The Labute approximate surface area is 199 Å². The third-order valence-corrected chi connectivity index (χ3v) is 7.47. The number of hydrogen-bond acceptors (Lipinski definition) is 4. The van der Waals surface area contributed by atoms with E-state index in [4.69, 9.17) is 4.98 Å². The van der Waals surface area contributed by atoms with Crippen LogP contribution in [0.4, 0.5) is 0 Å².